The van der Waals surface area contributed by atoms with Crippen LogP contribution in [0.4, 0.5) is 0 Å². The standard InChI is InChI=1S/C21H26N2O3/c1-2-3-12-23(15-17-7-5-4-6-8-17)21(24)18-9-11-22-20(14-18)26-19-10-13-25-16-19/h4-9,11,14,19H,2-3,10,12-13,15-16H2,1H3. The van der Waals surface area contributed by atoms with Crippen LogP contribution in [-0.4, -0.2) is 41.7 Å². The van der Waals surface area contributed by atoms with Crippen molar-refractivity contribution in [2.45, 2.75) is 38.8 Å². The van der Waals surface area contributed by atoms with E-state index >= 15 is 0 Å². The van der Waals surface area contributed by atoms with Crippen LogP contribution in [0.2, 0.25) is 0 Å². The molecule has 5 nitrogen and oxygen atoms in total. The molecule has 1 aliphatic heterocycles. The number of nitrogens with zero attached hydrogens (tertiary/aromatic N) is 2. The second-order valence-electron chi connectivity index (χ2n) is 6.55. The summed E-state index contributed by atoms with van der Waals surface area (Å²) in [6, 6.07) is 13.6. The zero-order chi connectivity index (χ0) is 18.2. The first-order valence-electron chi connectivity index (χ1n) is 9.30. The van der Waals surface area contributed by atoms with Crippen molar-refractivity contribution in [2.75, 3.05) is 19.8 Å². The molecule has 1 atom stereocenters. The summed E-state index contributed by atoms with van der Waals surface area (Å²) in [6.07, 6.45) is 4.54. The van der Waals surface area contributed by atoms with Crippen molar-refractivity contribution in [3.8, 4) is 5.88 Å². The molecule has 138 valence electrons. The average molecular weight is 354 g/mol. The highest BCUT2D eigenvalue weighted by Crippen LogP contribution is 2.18. The van der Waals surface area contributed by atoms with Crippen LogP contribution >= 0.6 is 0 Å². The van der Waals surface area contributed by atoms with Gasteiger partial charge in [-0.25, -0.2) is 4.98 Å². The number of carbonyl (C=O) groups excluding carboxylic acids is 1. The monoisotopic (exact) mass is 354 g/mol. The van der Waals surface area contributed by atoms with Crippen LogP contribution in [-0.2, 0) is 11.3 Å². The number of pyridine rings is 1. The minimum atomic E-state index is 0.0113. The molecule has 1 aromatic carbocycles. The second-order valence-corrected chi connectivity index (χ2v) is 6.55. The summed E-state index contributed by atoms with van der Waals surface area (Å²) >= 11 is 0. The quantitative estimate of drug-likeness (QED) is 0.725. The van der Waals surface area contributed by atoms with E-state index in [0.29, 0.717) is 31.2 Å². The first-order valence-corrected chi connectivity index (χ1v) is 9.30. The third kappa shape index (κ3) is 5.05. The molecule has 3 rings (SSSR count). The van der Waals surface area contributed by atoms with E-state index in [0.717, 1.165) is 31.4 Å². The van der Waals surface area contributed by atoms with Crippen molar-refractivity contribution in [1.82, 2.24) is 9.88 Å². The fourth-order valence-electron chi connectivity index (χ4n) is 2.97. The van der Waals surface area contributed by atoms with E-state index < -0.39 is 0 Å². The molecule has 1 aromatic heterocycles. The lowest BCUT2D eigenvalue weighted by molar-refractivity contribution is 0.0739. The number of ether oxygens (including phenoxy) is 2. The van der Waals surface area contributed by atoms with Crippen LogP contribution in [0.3, 0.4) is 0 Å². The fraction of sp³-hybridized carbons (Fsp3) is 0.429. The largest absolute Gasteiger partial charge is 0.472 e. The van der Waals surface area contributed by atoms with Gasteiger partial charge in [0.25, 0.3) is 5.91 Å². The lowest BCUT2D eigenvalue weighted by Gasteiger charge is -2.23. The number of hydrogen-bond acceptors (Lipinski definition) is 4. The van der Waals surface area contributed by atoms with Crippen molar-refractivity contribution in [3.05, 3.63) is 59.8 Å². The van der Waals surface area contributed by atoms with Crippen molar-refractivity contribution >= 4 is 5.91 Å². The normalized spacial score (nSPS) is 16.4. The summed E-state index contributed by atoms with van der Waals surface area (Å²) in [6.45, 7) is 4.77. The maximum Gasteiger partial charge on any atom is 0.254 e. The van der Waals surface area contributed by atoms with Crippen molar-refractivity contribution in [1.29, 1.82) is 0 Å². The van der Waals surface area contributed by atoms with E-state index in [-0.39, 0.29) is 12.0 Å². The number of amides is 1. The number of unbranched alkanes of at least 4 members (excludes halogenated alkanes) is 1. The Morgan fingerprint density at radius 1 is 1.31 bits per heavy atom. The molecule has 5 heteroatoms. The highest BCUT2D eigenvalue weighted by atomic mass is 16.5. The topological polar surface area (TPSA) is 51.7 Å². The molecule has 1 aliphatic rings. The summed E-state index contributed by atoms with van der Waals surface area (Å²) < 4.78 is 11.2. The molecule has 0 aliphatic carbocycles. The number of carbonyl (C=O) groups is 1. The van der Waals surface area contributed by atoms with Crippen molar-refractivity contribution in [2.24, 2.45) is 0 Å². The number of aromatic nitrogens is 1. The van der Waals surface area contributed by atoms with Gasteiger partial charge in [-0.1, -0.05) is 43.7 Å². The molecule has 0 radical (unpaired) electrons. The van der Waals surface area contributed by atoms with Crippen molar-refractivity contribution < 1.29 is 14.3 Å². The molecule has 26 heavy (non-hydrogen) atoms. The van der Waals surface area contributed by atoms with Gasteiger partial charge in [0.15, 0.2) is 0 Å². The Morgan fingerprint density at radius 2 is 2.15 bits per heavy atom. The van der Waals surface area contributed by atoms with Gasteiger partial charge in [-0.05, 0) is 18.1 Å². The van der Waals surface area contributed by atoms with Gasteiger partial charge >= 0.3 is 0 Å². The first kappa shape index (κ1) is 18.4. The summed E-state index contributed by atoms with van der Waals surface area (Å²) in [4.78, 5) is 19.2. The lowest BCUT2D eigenvalue weighted by atomic mass is 10.1. The van der Waals surface area contributed by atoms with Gasteiger partial charge in [0, 0.05) is 37.3 Å². The zero-order valence-electron chi connectivity index (χ0n) is 15.3. The number of hydrogen-bond donors (Lipinski definition) is 0. The molecule has 0 bridgehead atoms. The highest BCUT2D eigenvalue weighted by Gasteiger charge is 2.20. The van der Waals surface area contributed by atoms with Gasteiger partial charge in [0.05, 0.1) is 13.2 Å². The summed E-state index contributed by atoms with van der Waals surface area (Å²) in [5.41, 5.74) is 1.74. The Balaban J connectivity index is 1.72. The third-order valence-electron chi connectivity index (χ3n) is 4.44. The Bertz CT molecular complexity index is 699. The van der Waals surface area contributed by atoms with Gasteiger partial charge < -0.3 is 14.4 Å². The molecule has 1 unspecified atom stereocenters. The molecular formula is C21H26N2O3. The molecular weight excluding hydrogens is 328 g/mol. The minimum Gasteiger partial charge on any atom is -0.472 e. The van der Waals surface area contributed by atoms with Gasteiger partial charge in [0.2, 0.25) is 5.88 Å². The molecule has 0 spiro atoms. The molecule has 2 aromatic rings. The second kappa shape index (κ2) is 9.34. The van der Waals surface area contributed by atoms with Crippen LogP contribution in [0.25, 0.3) is 0 Å². The highest BCUT2D eigenvalue weighted by molar-refractivity contribution is 5.94. The van der Waals surface area contributed by atoms with E-state index in [1.54, 1.807) is 18.3 Å². The van der Waals surface area contributed by atoms with E-state index in [2.05, 4.69) is 11.9 Å². The van der Waals surface area contributed by atoms with E-state index in [4.69, 9.17) is 9.47 Å². The number of benzene rings is 1. The first-order chi connectivity index (χ1) is 12.8. The minimum absolute atomic E-state index is 0.0113. The fourth-order valence-corrected chi connectivity index (χ4v) is 2.97. The number of rotatable bonds is 8. The van der Waals surface area contributed by atoms with Crippen LogP contribution in [0.1, 0.15) is 42.1 Å². The summed E-state index contributed by atoms with van der Waals surface area (Å²) in [5, 5.41) is 0. The maximum atomic E-state index is 13.1. The molecule has 2 heterocycles. The Morgan fingerprint density at radius 3 is 2.88 bits per heavy atom. The maximum absolute atomic E-state index is 13.1. The summed E-state index contributed by atoms with van der Waals surface area (Å²) in [5.74, 6) is 0.499. The van der Waals surface area contributed by atoms with E-state index in [1.165, 1.54) is 0 Å². The Kier molecular flexibility index (Phi) is 6.61. The molecule has 1 saturated heterocycles. The van der Waals surface area contributed by atoms with Crippen LogP contribution in [0.15, 0.2) is 48.7 Å². The van der Waals surface area contributed by atoms with Gasteiger partial charge in [0.1, 0.15) is 6.10 Å². The van der Waals surface area contributed by atoms with Gasteiger partial charge in [-0.3, -0.25) is 4.79 Å². The molecule has 0 N–H and O–H groups in total. The average Bonchev–Trinajstić information content (AvgIpc) is 3.18. The molecule has 0 saturated carbocycles. The van der Waals surface area contributed by atoms with Gasteiger partial charge in [-0.15, -0.1) is 0 Å². The smallest absolute Gasteiger partial charge is 0.254 e. The van der Waals surface area contributed by atoms with Crippen molar-refractivity contribution in [3.63, 3.8) is 0 Å². The van der Waals surface area contributed by atoms with Crippen LogP contribution < -0.4 is 4.74 Å². The molecule has 1 amide bonds. The Labute approximate surface area is 155 Å². The molecule has 1 fully saturated rings. The third-order valence-corrected chi connectivity index (χ3v) is 4.44. The SMILES string of the molecule is CCCCN(Cc1ccccc1)C(=O)c1ccnc(OC2CCOC2)c1. The summed E-state index contributed by atoms with van der Waals surface area (Å²) in [7, 11) is 0. The van der Waals surface area contributed by atoms with E-state index in [9.17, 15) is 4.79 Å². The Hall–Kier alpha value is -2.40. The zero-order valence-corrected chi connectivity index (χ0v) is 15.3. The van der Waals surface area contributed by atoms with Crippen LogP contribution in [0.5, 0.6) is 5.88 Å². The lowest BCUT2D eigenvalue weighted by Crippen LogP contribution is -2.31. The van der Waals surface area contributed by atoms with Crippen LogP contribution in [0, 0.1) is 0 Å². The van der Waals surface area contributed by atoms with E-state index in [1.807, 2.05) is 35.2 Å². The van der Waals surface area contributed by atoms with Gasteiger partial charge in [-0.2, -0.15) is 0 Å². The predicted octanol–water partition coefficient (Wildman–Crippen LogP) is 3.69. The predicted molar refractivity (Wildman–Crippen MR) is 100 cm³/mol.